The first-order chi connectivity index (χ1) is 22.2. The van der Waals surface area contributed by atoms with E-state index in [1.807, 2.05) is 69.3 Å². The van der Waals surface area contributed by atoms with Crippen molar-refractivity contribution in [3.8, 4) is 17.6 Å². The molecule has 2 atom stereocenters. The summed E-state index contributed by atoms with van der Waals surface area (Å²) in [7, 11) is 1.66. The molecule has 5 rings (SSSR count). The van der Waals surface area contributed by atoms with Gasteiger partial charge < -0.3 is 28.6 Å². The Morgan fingerprint density at radius 1 is 0.935 bits per heavy atom. The summed E-state index contributed by atoms with van der Waals surface area (Å²) in [5, 5.41) is 11.3. The van der Waals surface area contributed by atoms with Gasteiger partial charge in [0.15, 0.2) is 0 Å². The van der Waals surface area contributed by atoms with Crippen LogP contribution in [0.4, 0.5) is 4.79 Å². The highest BCUT2D eigenvalue weighted by Gasteiger charge is 2.35. The monoisotopic (exact) mass is 622 g/mol. The maximum Gasteiger partial charge on any atom is 0.410 e. The molecule has 1 aliphatic heterocycles. The Morgan fingerprint density at radius 3 is 2.50 bits per heavy atom. The summed E-state index contributed by atoms with van der Waals surface area (Å²) >= 11 is 0. The van der Waals surface area contributed by atoms with E-state index in [0.29, 0.717) is 45.1 Å². The number of rotatable bonds is 11. The van der Waals surface area contributed by atoms with Gasteiger partial charge in [0.2, 0.25) is 0 Å². The molecule has 1 amide bonds. The van der Waals surface area contributed by atoms with Crippen LogP contribution in [0.25, 0.3) is 10.8 Å². The van der Waals surface area contributed by atoms with Gasteiger partial charge in [0, 0.05) is 30.5 Å². The minimum atomic E-state index is -0.588. The van der Waals surface area contributed by atoms with Gasteiger partial charge in [-0.25, -0.2) is 4.79 Å². The minimum Gasteiger partial charge on any atom is -0.490 e. The van der Waals surface area contributed by atoms with Crippen LogP contribution in [0.1, 0.15) is 55.4 Å². The number of likely N-dealkylation sites (tertiary alicyclic amines) is 1. The Kier molecular flexibility index (Phi) is 10.8. The van der Waals surface area contributed by atoms with E-state index in [4.69, 9.17) is 23.7 Å². The molecule has 0 saturated carbocycles. The van der Waals surface area contributed by atoms with E-state index in [1.54, 1.807) is 18.1 Å². The van der Waals surface area contributed by atoms with Gasteiger partial charge in [0.05, 0.1) is 37.5 Å². The molecule has 0 aliphatic carbocycles. The lowest BCUT2D eigenvalue weighted by Gasteiger charge is -2.39. The van der Waals surface area contributed by atoms with Crippen LogP contribution in [0.3, 0.4) is 0 Å². The van der Waals surface area contributed by atoms with E-state index in [1.165, 1.54) is 0 Å². The van der Waals surface area contributed by atoms with Gasteiger partial charge in [-0.05, 0) is 68.0 Å². The van der Waals surface area contributed by atoms with Gasteiger partial charge in [0.25, 0.3) is 0 Å². The molecule has 0 aromatic heterocycles. The molecule has 2 unspecified atom stereocenters. The van der Waals surface area contributed by atoms with Crippen molar-refractivity contribution in [1.29, 1.82) is 5.26 Å². The Labute approximate surface area is 271 Å². The molecule has 0 radical (unpaired) electrons. The number of ether oxygens (including phenoxy) is 5. The minimum absolute atomic E-state index is 0.0540. The second-order valence-electron chi connectivity index (χ2n) is 12.5. The lowest BCUT2D eigenvalue weighted by Crippen LogP contribution is -2.48. The number of nitrogens with zero attached hydrogens (tertiary/aromatic N) is 2. The van der Waals surface area contributed by atoms with Crippen LogP contribution < -0.4 is 9.47 Å². The first kappa shape index (κ1) is 32.8. The van der Waals surface area contributed by atoms with E-state index in [0.717, 1.165) is 45.4 Å². The van der Waals surface area contributed by atoms with Gasteiger partial charge in [-0.1, -0.05) is 60.7 Å². The van der Waals surface area contributed by atoms with E-state index in [2.05, 4.69) is 36.4 Å². The molecule has 8 nitrogen and oxygen atoms in total. The van der Waals surface area contributed by atoms with Crippen molar-refractivity contribution in [2.24, 2.45) is 0 Å². The molecule has 1 fully saturated rings. The molecule has 1 heterocycles. The van der Waals surface area contributed by atoms with Gasteiger partial charge in [0.1, 0.15) is 30.3 Å². The highest BCUT2D eigenvalue weighted by atomic mass is 16.6. The Balaban J connectivity index is 1.34. The number of carbonyl (C=O) groups excluding carboxylic acids is 1. The number of benzene rings is 4. The average molecular weight is 623 g/mol. The zero-order chi connectivity index (χ0) is 32.5. The summed E-state index contributed by atoms with van der Waals surface area (Å²) in [6.45, 7) is 8.18. The molecule has 1 saturated heterocycles. The fraction of sp³-hybridized carbons (Fsp3) is 0.368. The molecule has 240 valence electrons. The van der Waals surface area contributed by atoms with E-state index >= 15 is 0 Å². The molecule has 8 heteroatoms. The standard InChI is InChI=1S/C38H42N2O6/c1-38(2,3)46-37(41)40-19-18-33(30-14-16-32(17-15-30)44-25-28-9-7-8-27(22-28)23-39)35(24-40)45-26-31-13-12-29-10-5-6-11-34(29)36(31)43-21-20-42-4/h5-17,22,33,35H,18-21,24-26H2,1-4H3. The summed E-state index contributed by atoms with van der Waals surface area (Å²) in [5.41, 5.74) is 3.01. The van der Waals surface area contributed by atoms with E-state index in [9.17, 15) is 10.1 Å². The molecule has 4 aromatic carbocycles. The molecule has 0 N–H and O–H groups in total. The summed E-state index contributed by atoms with van der Waals surface area (Å²) in [6, 6.07) is 29.9. The largest absolute Gasteiger partial charge is 0.490 e. The molecular formula is C38H42N2O6. The smallest absolute Gasteiger partial charge is 0.410 e. The summed E-state index contributed by atoms with van der Waals surface area (Å²) in [5.74, 6) is 1.58. The van der Waals surface area contributed by atoms with Crippen LogP contribution in [0, 0.1) is 11.3 Å². The first-order valence-electron chi connectivity index (χ1n) is 15.7. The number of amides is 1. The highest BCUT2D eigenvalue weighted by molar-refractivity contribution is 5.89. The van der Waals surface area contributed by atoms with E-state index in [-0.39, 0.29) is 18.1 Å². The van der Waals surface area contributed by atoms with Gasteiger partial charge in [-0.2, -0.15) is 5.26 Å². The molecule has 0 spiro atoms. The van der Waals surface area contributed by atoms with Crippen LogP contribution in [-0.4, -0.2) is 56.1 Å². The van der Waals surface area contributed by atoms with Crippen LogP contribution >= 0.6 is 0 Å². The topological polar surface area (TPSA) is 90.2 Å². The molecule has 1 aliphatic rings. The van der Waals surface area contributed by atoms with E-state index < -0.39 is 5.60 Å². The molecular weight excluding hydrogens is 580 g/mol. The van der Waals surface area contributed by atoms with Crippen molar-refractivity contribution in [1.82, 2.24) is 4.90 Å². The number of nitriles is 1. The fourth-order valence-corrected chi connectivity index (χ4v) is 5.66. The predicted octanol–water partition coefficient (Wildman–Crippen LogP) is 7.63. The highest BCUT2D eigenvalue weighted by Crippen LogP contribution is 2.35. The van der Waals surface area contributed by atoms with Crippen molar-refractivity contribution in [2.75, 3.05) is 33.4 Å². The second-order valence-corrected chi connectivity index (χ2v) is 12.5. The Morgan fingerprint density at radius 2 is 1.74 bits per heavy atom. The summed E-state index contributed by atoms with van der Waals surface area (Å²) in [4.78, 5) is 14.8. The SMILES string of the molecule is COCCOc1c(COC2CN(C(=O)OC(C)(C)C)CCC2c2ccc(OCc3cccc(C#N)c3)cc2)ccc2ccccc12. The van der Waals surface area contributed by atoms with Crippen LogP contribution in [0.15, 0.2) is 84.9 Å². The van der Waals surface area contributed by atoms with Crippen molar-refractivity contribution < 1.29 is 28.5 Å². The quantitative estimate of drug-likeness (QED) is 0.159. The number of hydrogen-bond acceptors (Lipinski definition) is 7. The van der Waals surface area contributed by atoms with Gasteiger partial charge in [-0.15, -0.1) is 0 Å². The normalized spacial score (nSPS) is 16.5. The second kappa shape index (κ2) is 15.1. The Bertz CT molecular complexity index is 1660. The maximum absolute atomic E-state index is 13.1. The molecule has 46 heavy (non-hydrogen) atoms. The van der Waals surface area contributed by atoms with Crippen molar-refractivity contribution in [2.45, 2.75) is 58.0 Å². The fourth-order valence-electron chi connectivity index (χ4n) is 5.66. The molecule has 0 bridgehead atoms. The third-order valence-electron chi connectivity index (χ3n) is 7.93. The lowest BCUT2D eigenvalue weighted by molar-refractivity contribution is -0.0364. The van der Waals surface area contributed by atoms with Crippen molar-refractivity contribution in [3.63, 3.8) is 0 Å². The zero-order valence-corrected chi connectivity index (χ0v) is 27.0. The van der Waals surface area contributed by atoms with Crippen molar-refractivity contribution >= 4 is 16.9 Å². The third kappa shape index (κ3) is 8.57. The van der Waals surface area contributed by atoms with Crippen LogP contribution in [-0.2, 0) is 27.4 Å². The number of piperidine rings is 1. The van der Waals surface area contributed by atoms with Crippen LogP contribution in [0.2, 0.25) is 0 Å². The lowest BCUT2D eigenvalue weighted by atomic mass is 9.87. The average Bonchev–Trinajstić information content (AvgIpc) is 3.06. The third-order valence-corrected chi connectivity index (χ3v) is 7.93. The summed E-state index contributed by atoms with van der Waals surface area (Å²) in [6.07, 6.45) is 0.109. The maximum atomic E-state index is 13.1. The summed E-state index contributed by atoms with van der Waals surface area (Å²) < 4.78 is 29.9. The van der Waals surface area contributed by atoms with Crippen molar-refractivity contribution in [3.05, 3.63) is 107 Å². The number of methoxy groups -OCH3 is 1. The van der Waals surface area contributed by atoms with Crippen LogP contribution in [0.5, 0.6) is 11.5 Å². The Hall–Kier alpha value is -4.58. The molecule has 4 aromatic rings. The predicted molar refractivity (Wildman–Crippen MR) is 177 cm³/mol. The van der Waals surface area contributed by atoms with Gasteiger partial charge >= 0.3 is 6.09 Å². The zero-order valence-electron chi connectivity index (χ0n) is 27.0. The number of hydrogen-bond donors (Lipinski definition) is 0. The number of carbonyl (C=O) groups is 1. The van der Waals surface area contributed by atoms with Gasteiger partial charge in [-0.3, -0.25) is 0 Å². The first-order valence-corrected chi connectivity index (χ1v) is 15.7. The number of fused-ring (bicyclic) bond motifs is 1.